The first-order chi connectivity index (χ1) is 4.87. The van der Waals surface area contributed by atoms with E-state index in [0.717, 1.165) is 11.8 Å². The molecule has 58 valence electrons. The van der Waals surface area contributed by atoms with Crippen LogP contribution in [0.1, 0.15) is 19.3 Å². The van der Waals surface area contributed by atoms with E-state index in [9.17, 15) is 0 Å². The lowest BCUT2D eigenvalue weighted by Gasteiger charge is -2.18. The van der Waals surface area contributed by atoms with Crippen LogP contribution in [0.4, 0.5) is 0 Å². The summed E-state index contributed by atoms with van der Waals surface area (Å²) in [6.07, 6.45) is 4.24. The number of alkyl halides is 1. The zero-order valence-electron chi connectivity index (χ0n) is 6.11. The summed E-state index contributed by atoms with van der Waals surface area (Å²) in [6.45, 7) is 0. The zero-order chi connectivity index (χ0) is 7.03. The van der Waals surface area contributed by atoms with Crippen LogP contribution >= 0.6 is 23.4 Å². The Labute approximate surface area is 71.7 Å². The molecule has 0 N–H and O–H groups in total. The zero-order valence-corrected chi connectivity index (χ0v) is 7.68. The molecule has 1 heterocycles. The molecular weight excluding hydrogens is 164 g/mol. The van der Waals surface area contributed by atoms with Gasteiger partial charge >= 0.3 is 0 Å². The largest absolute Gasteiger partial charge is 0.162 e. The molecule has 0 aromatic carbocycles. The highest BCUT2D eigenvalue weighted by molar-refractivity contribution is 7.99. The van der Waals surface area contributed by atoms with Crippen LogP contribution in [0.25, 0.3) is 0 Å². The summed E-state index contributed by atoms with van der Waals surface area (Å²) >= 11 is 8.03. The maximum Gasteiger partial charge on any atom is 0.0282 e. The van der Waals surface area contributed by atoms with Crippen molar-refractivity contribution in [3.63, 3.8) is 0 Å². The van der Waals surface area contributed by atoms with Crippen molar-refractivity contribution in [1.29, 1.82) is 0 Å². The molecule has 2 heteroatoms. The van der Waals surface area contributed by atoms with Crippen LogP contribution in [0, 0.1) is 11.3 Å². The Morgan fingerprint density at radius 3 is 2.70 bits per heavy atom. The molecular formula is C8H13ClS. The number of hydrogen-bond donors (Lipinski definition) is 0. The lowest BCUT2D eigenvalue weighted by Crippen LogP contribution is -2.16. The predicted octanol–water partition coefficient (Wildman–Crippen LogP) is 2.76. The minimum Gasteiger partial charge on any atom is -0.162 e. The minimum atomic E-state index is 0.616. The second-order valence-corrected chi connectivity index (χ2v) is 4.97. The molecule has 1 unspecified atom stereocenters. The average Bonchev–Trinajstić information content (AvgIpc) is 2.58. The van der Waals surface area contributed by atoms with Crippen LogP contribution in [0.15, 0.2) is 0 Å². The van der Waals surface area contributed by atoms with E-state index in [1.54, 1.807) is 0 Å². The van der Waals surface area contributed by atoms with Crippen molar-refractivity contribution in [2.24, 2.45) is 11.3 Å². The van der Waals surface area contributed by atoms with Gasteiger partial charge in [0.15, 0.2) is 0 Å². The Balaban J connectivity index is 1.96. The molecule has 2 rings (SSSR count). The number of halogens is 1. The van der Waals surface area contributed by atoms with Gasteiger partial charge in [-0.1, -0.05) is 0 Å². The van der Waals surface area contributed by atoms with Gasteiger partial charge in [-0.25, -0.2) is 0 Å². The average molecular weight is 177 g/mol. The maximum atomic E-state index is 5.93. The van der Waals surface area contributed by atoms with Gasteiger partial charge in [0.25, 0.3) is 0 Å². The smallest absolute Gasteiger partial charge is 0.0282 e. The third kappa shape index (κ3) is 1.08. The molecule has 0 amide bonds. The van der Waals surface area contributed by atoms with E-state index in [1.165, 1.54) is 30.8 Å². The lowest BCUT2D eigenvalue weighted by molar-refractivity contribution is 0.379. The van der Waals surface area contributed by atoms with Gasteiger partial charge in [-0.05, 0) is 42.1 Å². The summed E-state index contributed by atoms with van der Waals surface area (Å²) in [5.74, 6) is 4.64. The Hall–Kier alpha value is 0.640. The molecule has 0 spiro atoms. The quantitative estimate of drug-likeness (QED) is 0.584. The van der Waals surface area contributed by atoms with E-state index in [1.807, 2.05) is 0 Å². The van der Waals surface area contributed by atoms with Crippen LogP contribution in [-0.2, 0) is 0 Å². The van der Waals surface area contributed by atoms with Crippen LogP contribution < -0.4 is 0 Å². The molecule has 1 aliphatic carbocycles. The Kier molecular flexibility index (Phi) is 1.90. The van der Waals surface area contributed by atoms with Crippen molar-refractivity contribution in [2.75, 3.05) is 17.4 Å². The molecule has 2 aliphatic rings. The first kappa shape index (κ1) is 7.30. The molecule has 1 aliphatic heterocycles. The van der Waals surface area contributed by atoms with Crippen molar-refractivity contribution in [3.8, 4) is 0 Å². The summed E-state index contributed by atoms with van der Waals surface area (Å²) in [4.78, 5) is 0. The molecule has 0 aromatic heterocycles. The van der Waals surface area contributed by atoms with E-state index < -0.39 is 0 Å². The van der Waals surface area contributed by atoms with E-state index in [-0.39, 0.29) is 0 Å². The lowest BCUT2D eigenvalue weighted by atomic mass is 9.90. The van der Waals surface area contributed by atoms with Gasteiger partial charge in [-0.15, -0.1) is 11.6 Å². The van der Waals surface area contributed by atoms with Crippen molar-refractivity contribution >= 4 is 23.4 Å². The van der Waals surface area contributed by atoms with E-state index in [4.69, 9.17) is 11.6 Å². The summed E-state index contributed by atoms with van der Waals surface area (Å²) in [7, 11) is 0. The normalized spacial score (nSPS) is 36.3. The van der Waals surface area contributed by atoms with Crippen molar-refractivity contribution in [1.82, 2.24) is 0 Å². The maximum absolute atomic E-state index is 5.93. The molecule has 10 heavy (non-hydrogen) atoms. The molecule has 1 saturated carbocycles. The highest BCUT2D eigenvalue weighted by atomic mass is 35.5. The fourth-order valence-corrected chi connectivity index (χ4v) is 3.74. The highest BCUT2D eigenvalue weighted by Crippen LogP contribution is 2.56. The fourth-order valence-electron chi connectivity index (χ4n) is 1.83. The third-order valence-electron chi connectivity index (χ3n) is 2.95. The monoisotopic (exact) mass is 176 g/mol. The van der Waals surface area contributed by atoms with E-state index >= 15 is 0 Å². The molecule has 0 nitrogen and oxygen atoms in total. The topological polar surface area (TPSA) is 0 Å². The number of hydrogen-bond acceptors (Lipinski definition) is 1. The molecule has 0 aromatic rings. The van der Waals surface area contributed by atoms with Crippen LogP contribution in [0.2, 0.25) is 0 Å². The summed E-state index contributed by atoms with van der Waals surface area (Å²) in [5.41, 5.74) is 0.616. The third-order valence-corrected chi connectivity index (χ3v) is 4.65. The Morgan fingerprint density at radius 2 is 2.30 bits per heavy atom. The van der Waals surface area contributed by atoms with Crippen molar-refractivity contribution in [3.05, 3.63) is 0 Å². The van der Waals surface area contributed by atoms with Gasteiger partial charge in [-0.3, -0.25) is 0 Å². The van der Waals surface area contributed by atoms with Crippen LogP contribution in [0.3, 0.4) is 0 Å². The second-order valence-electron chi connectivity index (χ2n) is 3.56. The van der Waals surface area contributed by atoms with Gasteiger partial charge in [-0.2, -0.15) is 11.8 Å². The summed E-state index contributed by atoms with van der Waals surface area (Å²) in [5, 5.41) is 0. The molecule has 2 fully saturated rings. The number of thioether (sulfide) groups is 1. The van der Waals surface area contributed by atoms with Crippen LogP contribution in [0.5, 0.6) is 0 Å². The SMILES string of the molecule is ClCC1(C2CCSC2)CC1. The molecule has 1 atom stereocenters. The Morgan fingerprint density at radius 1 is 1.50 bits per heavy atom. The van der Waals surface area contributed by atoms with Crippen molar-refractivity contribution in [2.45, 2.75) is 19.3 Å². The second kappa shape index (κ2) is 2.60. The Bertz CT molecular complexity index is 125. The van der Waals surface area contributed by atoms with Gasteiger partial charge in [0.1, 0.15) is 0 Å². The molecule has 0 radical (unpaired) electrons. The summed E-state index contributed by atoms with van der Waals surface area (Å²) < 4.78 is 0. The fraction of sp³-hybridized carbons (Fsp3) is 1.00. The van der Waals surface area contributed by atoms with Gasteiger partial charge < -0.3 is 0 Å². The first-order valence-corrected chi connectivity index (χ1v) is 5.70. The van der Waals surface area contributed by atoms with E-state index in [2.05, 4.69) is 11.8 Å². The predicted molar refractivity (Wildman–Crippen MR) is 47.8 cm³/mol. The van der Waals surface area contributed by atoms with Crippen LogP contribution in [-0.4, -0.2) is 17.4 Å². The van der Waals surface area contributed by atoms with Gasteiger partial charge in [0, 0.05) is 5.88 Å². The highest BCUT2D eigenvalue weighted by Gasteiger charge is 2.48. The minimum absolute atomic E-state index is 0.616. The van der Waals surface area contributed by atoms with E-state index in [0.29, 0.717) is 5.41 Å². The first-order valence-electron chi connectivity index (χ1n) is 4.01. The molecule has 1 saturated heterocycles. The standard InChI is InChI=1S/C8H13ClS/c9-6-8(2-3-8)7-1-4-10-5-7/h7H,1-6H2. The molecule has 0 bridgehead atoms. The van der Waals surface area contributed by atoms with Crippen molar-refractivity contribution < 1.29 is 0 Å². The van der Waals surface area contributed by atoms with Gasteiger partial charge in [0.2, 0.25) is 0 Å². The van der Waals surface area contributed by atoms with Gasteiger partial charge in [0.05, 0.1) is 0 Å². The summed E-state index contributed by atoms with van der Waals surface area (Å²) in [6, 6.07) is 0. The number of rotatable bonds is 2.